The standard InChI is InChI=1S/C32H38O2/c1-3-5-7-9-11-29-21-32(28-19-15-26(24-34)16-20-28)30(12-10-8-6-4-2)22-31(29)27-17-13-25(23-33)14-18-27/h13-24H,3-12H2,1-2H3. The molecule has 0 amide bonds. The van der Waals surface area contributed by atoms with E-state index in [4.69, 9.17) is 0 Å². The van der Waals surface area contributed by atoms with E-state index in [2.05, 4.69) is 50.2 Å². The minimum Gasteiger partial charge on any atom is -0.298 e. The Hall–Kier alpha value is -3.00. The van der Waals surface area contributed by atoms with Crippen LogP contribution in [0.2, 0.25) is 0 Å². The van der Waals surface area contributed by atoms with Crippen molar-refractivity contribution in [3.63, 3.8) is 0 Å². The molecular formula is C32H38O2. The van der Waals surface area contributed by atoms with Crippen molar-refractivity contribution in [1.82, 2.24) is 0 Å². The minimum absolute atomic E-state index is 0.708. The van der Waals surface area contributed by atoms with Gasteiger partial charge >= 0.3 is 0 Å². The van der Waals surface area contributed by atoms with Crippen LogP contribution in [-0.2, 0) is 12.8 Å². The number of carbonyl (C=O) groups excluding carboxylic acids is 2. The molecule has 0 saturated heterocycles. The van der Waals surface area contributed by atoms with E-state index >= 15 is 0 Å². The van der Waals surface area contributed by atoms with E-state index in [1.54, 1.807) is 0 Å². The van der Waals surface area contributed by atoms with Crippen LogP contribution in [-0.4, -0.2) is 12.6 Å². The molecule has 0 heterocycles. The lowest BCUT2D eigenvalue weighted by atomic mass is 9.86. The monoisotopic (exact) mass is 454 g/mol. The van der Waals surface area contributed by atoms with Crippen LogP contribution < -0.4 is 0 Å². The first-order valence-corrected chi connectivity index (χ1v) is 13.0. The average Bonchev–Trinajstić information content (AvgIpc) is 2.89. The summed E-state index contributed by atoms with van der Waals surface area (Å²) in [6, 6.07) is 20.7. The van der Waals surface area contributed by atoms with E-state index in [-0.39, 0.29) is 0 Å². The molecule has 0 atom stereocenters. The second-order valence-electron chi connectivity index (χ2n) is 9.27. The van der Waals surface area contributed by atoms with Gasteiger partial charge in [-0.1, -0.05) is 113 Å². The van der Waals surface area contributed by atoms with Crippen molar-refractivity contribution in [3.8, 4) is 22.3 Å². The van der Waals surface area contributed by atoms with Crippen LogP contribution in [0.15, 0.2) is 60.7 Å². The molecule has 0 aliphatic heterocycles. The highest BCUT2D eigenvalue weighted by Gasteiger charge is 2.14. The van der Waals surface area contributed by atoms with E-state index in [9.17, 15) is 9.59 Å². The van der Waals surface area contributed by atoms with E-state index < -0.39 is 0 Å². The first-order valence-electron chi connectivity index (χ1n) is 13.0. The van der Waals surface area contributed by atoms with Gasteiger partial charge in [0.2, 0.25) is 0 Å². The predicted octanol–water partition coefficient (Wildman–Crippen LogP) is 8.89. The third-order valence-corrected chi connectivity index (χ3v) is 6.64. The van der Waals surface area contributed by atoms with Gasteiger partial charge in [0.05, 0.1) is 0 Å². The summed E-state index contributed by atoms with van der Waals surface area (Å²) in [5, 5.41) is 0. The highest BCUT2D eigenvalue weighted by molar-refractivity contribution is 5.81. The summed E-state index contributed by atoms with van der Waals surface area (Å²) >= 11 is 0. The molecule has 178 valence electrons. The second kappa shape index (κ2) is 13.6. The summed E-state index contributed by atoms with van der Waals surface area (Å²) in [5.41, 5.74) is 9.06. The molecule has 3 aromatic carbocycles. The number of benzene rings is 3. The fourth-order valence-electron chi connectivity index (χ4n) is 4.61. The minimum atomic E-state index is 0.708. The van der Waals surface area contributed by atoms with Crippen LogP contribution in [0.25, 0.3) is 22.3 Å². The second-order valence-corrected chi connectivity index (χ2v) is 9.27. The van der Waals surface area contributed by atoms with Gasteiger partial charge in [0.1, 0.15) is 12.6 Å². The first-order chi connectivity index (χ1) is 16.7. The zero-order valence-corrected chi connectivity index (χ0v) is 20.8. The van der Waals surface area contributed by atoms with Gasteiger partial charge in [-0.3, -0.25) is 9.59 Å². The number of hydrogen-bond donors (Lipinski definition) is 0. The molecule has 0 radical (unpaired) electrons. The maximum Gasteiger partial charge on any atom is 0.150 e. The summed E-state index contributed by atoms with van der Waals surface area (Å²) in [7, 11) is 0. The summed E-state index contributed by atoms with van der Waals surface area (Å²) in [4.78, 5) is 22.4. The average molecular weight is 455 g/mol. The van der Waals surface area contributed by atoms with Gasteiger partial charge in [0.25, 0.3) is 0 Å². The lowest BCUT2D eigenvalue weighted by Crippen LogP contribution is -1.99. The number of carbonyl (C=O) groups is 2. The Morgan fingerprint density at radius 1 is 0.529 bits per heavy atom. The molecule has 0 N–H and O–H groups in total. The van der Waals surface area contributed by atoms with Crippen molar-refractivity contribution < 1.29 is 9.59 Å². The fourth-order valence-corrected chi connectivity index (χ4v) is 4.61. The summed E-state index contributed by atoms with van der Waals surface area (Å²) < 4.78 is 0. The van der Waals surface area contributed by atoms with Gasteiger partial charge in [-0.2, -0.15) is 0 Å². The Morgan fingerprint density at radius 2 is 0.912 bits per heavy atom. The van der Waals surface area contributed by atoms with Crippen LogP contribution >= 0.6 is 0 Å². The molecule has 0 fully saturated rings. The Morgan fingerprint density at radius 3 is 1.24 bits per heavy atom. The van der Waals surface area contributed by atoms with E-state index in [1.165, 1.54) is 84.7 Å². The molecule has 0 aromatic heterocycles. The van der Waals surface area contributed by atoms with E-state index in [1.807, 2.05) is 24.3 Å². The highest BCUT2D eigenvalue weighted by atomic mass is 16.1. The molecule has 0 spiro atoms. The Bertz CT molecular complexity index is 958. The molecule has 0 saturated carbocycles. The van der Waals surface area contributed by atoms with Crippen molar-refractivity contribution >= 4 is 12.6 Å². The molecule has 34 heavy (non-hydrogen) atoms. The molecule has 2 heteroatoms. The topological polar surface area (TPSA) is 34.1 Å². The van der Waals surface area contributed by atoms with Gasteiger partial charge in [-0.25, -0.2) is 0 Å². The van der Waals surface area contributed by atoms with Crippen LogP contribution in [0.4, 0.5) is 0 Å². The molecule has 2 nitrogen and oxygen atoms in total. The third-order valence-electron chi connectivity index (χ3n) is 6.64. The summed E-state index contributed by atoms with van der Waals surface area (Å²) in [6.07, 6.45) is 13.7. The Kier molecular flexibility index (Phi) is 10.3. The van der Waals surface area contributed by atoms with Gasteiger partial charge in [0.15, 0.2) is 0 Å². The number of hydrogen-bond acceptors (Lipinski definition) is 2. The molecule has 0 aliphatic carbocycles. The van der Waals surface area contributed by atoms with Crippen LogP contribution in [0.5, 0.6) is 0 Å². The van der Waals surface area contributed by atoms with Gasteiger partial charge in [0, 0.05) is 11.1 Å². The molecule has 3 aromatic rings. The summed E-state index contributed by atoms with van der Waals surface area (Å²) in [5.74, 6) is 0. The summed E-state index contributed by atoms with van der Waals surface area (Å²) in [6.45, 7) is 4.49. The quantitative estimate of drug-likeness (QED) is 0.180. The molecule has 0 bridgehead atoms. The van der Waals surface area contributed by atoms with Crippen molar-refractivity contribution in [2.24, 2.45) is 0 Å². The number of unbranched alkanes of at least 4 members (excludes halogenated alkanes) is 6. The largest absolute Gasteiger partial charge is 0.298 e. The Balaban J connectivity index is 2.06. The SMILES string of the molecule is CCCCCCc1cc(-c2ccc(C=O)cc2)c(CCCCCC)cc1-c1ccc(C=O)cc1. The van der Waals surface area contributed by atoms with Crippen LogP contribution in [0.1, 0.15) is 97.1 Å². The van der Waals surface area contributed by atoms with E-state index in [0.717, 1.165) is 25.4 Å². The molecule has 0 unspecified atom stereocenters. The van der Waals surface area contributed by atoms with Crippen LogP contribution in [0.3, 0.4) is 0 Å². The van der Waals surface area contributed by atoms with Gasteiger partial charge in [-0.05, 0) is 59.1 Å². The molecule has 3 rings (SSSR count). The first kappa shape index (κ1) is 25.6. The van der Waals surface area contributed by atoms with E-state index in [0.29, 0.717) is 11.1 Å². The number of aryl methyl sites for hydroxylation is 2. The Labute approximate surface area is 205 Å². The van der Waals surface area contributed by atoms with Crippen LogP contribution in [0, 0.1) is 0 Å². The van der Waals surface area contributed by atoms with Crippen molar-refractivity contribution in [2.45, 2.75) is 78.1 Å². The van der Waals surface area contributed by atoms with Crippen molar-refractivity contribution in [2.75, 3.05) is 0 Å². The van der Waals surface area contributed by atoms with Crippen molar-refractivity contribution in [3.05, 3.63) is 82.9 Å². The maximum atomic E-state index is 11.2. The normalized spacial score (nSPS) is 10.9. The maximum absolute atomic E-state index is 11.2. The zero-order valence-electron chi connectivity index (χ0n) is 20.8. The highest BCUT2D eigenvalue weighted by Crippen LogP contribution is 2.35. The predicted molar refractivity (Wildman–Crippen MR) is 144 cm³/mol. The smallest absolute Gasteiger partial charge is 0.150 e. The fraction of sp³-hybridized carbons (Fsp3) is 0.375. The zero-order chi connectivity index (χ0) is 24.2. The third kappa shape index (κ3) is 7.00. The lowest BCUT2D eigenvalue weighted by molar-refractivity contribution is 0.111. The number of aldehydes is 2. The molecular weight excluding hydrogens is 416 g/mol. The van der Waals surface area contributed by atoms with Gasteiger partial charge < -0.3 is 0 Å². The lowest BCUT2D eigenvalue weighted by Gasteiger charge is -2.18. The van der Waals surface area contributed by atoms with Crippen molar-refractivity contribution in [1.29, 1.82) is 0 Å². The number of rotatable bonds is 14. The molecule has 0 aliphatic rings. The van der Waals surface area contributed by atoms with Gasteiger partial charge in [-0.15, -0.1) is 0 Å².